The van der Waals surface area contributed by atoms with Crippen LogP contribution in [0.4, 0.5) is 0 Å². The summed E-state index contributed by atoms with van der Waals surface area (Å²) in [6, 6.07) is 3.08. The first-order valence-corrected chi connectivity index (χ1v) is 15.5. The first kappa shape index (κ1) is 27.8. The Kier molecular flexibility index (Phi) is 9.46. The van der Waals surface area contributed by atoms with Crippen LogP contribution in [0.2, 0.25) is 0 Å². The number of nitrogens with one attached hydrogen (secondary N) is 3. The summed E-state index contributed by atoms with van der Waals surface area (Å²) in [5.41, 5.74) is 0. The minimum atomic E-state index is 0.258. The van der Waals surface area contributed by atoms with E-state index in [-0.39, 0.29) is 12.0 Å². The molecule has 0 aromatic rings. The number of likely N-dealkylation sites (tertiary alicyclic amines) is 1. The molecular formula is C29H54N6O2. The Morgan fingerprint density at radius 1 is 0.919 bits per heavy atom. The van der Waals surface area contributed by atoms with Crippen LogP contribution in [-0.4, -0.2) is 116 Å². The van der Waals surface area contributed by atoms with Gasteiger partial charge in [0.25, 0.3) is 0 Å². The number of fused-ring (bicyclic) bond motifs is 1. The average Bonchev–Trinajstić information content (AvgIpc) is 3.35. The molecule has 0 aromatic heterocycles. The summed E-state index contributed by atoms with van der Waals surface area (Å²) in [6.07, 6.45) is 11.4. The summed E-state index contributed by atoms with van der Waals surface area (Å²) in [4.78, 5) is 19.8. The Hall–Kier alpha value is -0.770. The van der Waals surface area contributed by atoms with Gasteiger partial charge in [0.1, 0.15) is 0 Å². The fourth-order valence-electron chi connectivity index (χ4n) is 8.33. The predicted octanol–water partition coefficient (Wildman–Crippen LogP) is 2.00. The second-order valence-electron chi connectivity index (χ2n) is 12.9. The number of methoxy groups -OCH3 is 1. The first-order valence-electron chi connectivity index (χ1n) is 15.5. The van der Waals surface area contributed by atoms with Gasteiger partial charge in [0.15, 0.2) is 0 Å². The smallest absolute Gasteiger partial charge is 0.219 e. The summed E-state index contributed by atoms with van der Waals surface area (Å²) in [7, 11) is 1.90. The molecule has 1 amide bonds. The number of rotatable bonds is 7. The van der Waals surface area contributed by atoms with Gasteiger partial charge in [0.2, 0.25) is 5.91 Å². The van der Waals surface area contributed by atoms with E-state index in [9.17, 15) is 4.79 Å². The zero-order valence-corrected chi connectivity index (χ0v) is 24.0. The highest BCUT2D eigenvalue weighted by atomic mass is 16.5. The zero-order chi connectivity index (χ0) is 25.9. The molecule has 0 spiro atoms. The van der Waals surface area contributed by atoms with Gasteiger partial charge in [-0.25, -0.2) is 0 Å². The van der Waals surface area contributed by atoms with Crippen LogP contribution in [0.15, 0.2) is 0 Å². The third-order valence-corrected chi connectivity index (χ3v) is 10.4. The molecule has 0 aromatic carbocycles. The number of piperidine rings is 1. The lowest BCUT2D eigenvalue weighted by Crippen LogP contribution is -2.62. The number of nitrogens with zero attached hydrogens (tertiary/aromatic N) is 3. The summed E-state index contributed by atoms with van der Waals surface area (Å²) < 4.78 is 6.08. The van der Waals surface area contributed by atoms with Crippen molar-refractivity contribution in [1.29, 1.82) is 0 Å². The first-order chi connectivity index (χ1) is 17.9. The maximum atomic E-state index is 12.3. The highest BCUT2D eigenvalue weighted by molar-refractivity contribution is 5.74. The van der Waals surface area contributed by atoms with Crippen LogP contribution < -0.4 is 16.0 Å². The zero-order valence-electron chi connectivity index (χ0n) is 24.0. The van der Waals surface area contributed by atoms with Gasteiger partial charge < -0.3 is 20.3 Å². The minimum absolute atomic E-state index is 0.258. The van der Waals surface area contributed by atoms with Gasteiger partial charge in [0, 0.05) is 83.0 Å². The molecule has 3 saturated heterocycles. The molecule has 2 aliphatic carbocycles. The SMILES string of the molecule is COC1CC(N2CCN(C(C)C)CC2)CCC1NC1CC(NC2CCCC3CCN(C(C)=O)C32)CCN1. The summed E-state index contributed by atoms with van der Waals surface area (Å²) in [6.45, 7) is 13.2. The summed E-state index contributed by atoms with van der Waals surface area (Å²) in [5.74, 6) is 0.950. The second-order valence-corrected chi connectivity index (χ2v) is 12.9. The Morgan fingerprint density at radius 3 is 2.46 bits per heavy atom. The van der Waals surface area contributed by atoms with Crippen LogP contribution in [-0.2, 0) is 9.53 Å². The van der Waals surface area contributed by atoms with Gasteiger partial charge in [-0.3, -0.25) is 19.9 Å². The van der Waals surface area contributed by atoms with Gasteiger partial charge in [-0.15, -0.1) is 0 Å². The van der Waals surface area contributed by atoms with Gasteiger partial charge in [-0.1, -0.05) is 6.42 Å². The van der Waals surface area contributed by atoms with Crippen LogP contribution in [0.1, 0.15) is 78.6 Å². The van der Waals surface area contributed by atoms with Gasteiger partial charge in [-0.05, 0) is 77.7 Å². The number of carbonyl (C=O) groups is 1. The summed E-state index contributed by atoms with van der Waals surface area (Å²) in [5, 5.41) is 11.8. The largest absolute Gasteiger partial charge is 0.380 e. The van der Waals surface area contributed by atoms with Crippen molar-refractivity contribution in [1.82, 2.24) is 30.7 Å². The number of hydrogen-bond acceptors (Lipinski definition) is 7. The van der Waals surface area contributed by atoms with Crippen molar-refractivity contribution < 1.29 is 9.53 Å². The van der Waals surface area contributed by atoms with E-state index >= 15 is 0 Å². The highest BCUT2D eigenvalue weighted by Crippen LogP contribution is 2.37. The quantitative estimate of drug-likeness (QED) is 0.476. The molecule has 3 aliphatic heterocycles. The third kappa shape index (κ3) is 6.52. The van der Waals surface area contributed by atoms with Crippen molar-refractivity contribution in [2.45, 2.75) is 127 Å². The Balaban J connectivity index is 1.11. The standard InChI is InChI=1S/C29H54N6O2/c1-20(2)33-14-16-34(17-15-33)24-8-9-25(27(19-24)37-4)32-28-18-23(10-12-30-28)31-26-7-5-6-22-11-13-35(21(3)36)29(22)26/h20,22-32H,5-19H2,1-4H3. The van der Waals surface area contributed by atoms with Crippen molar-refractivity contribution in [2.24, 2.45) is 5.92 Å². The van der Waals surface area contributed by atoms with Crippen LogP contribution >= 0.6 is 0 Å². The molecule has 0 bridgehead atoms. The summed E-state index contributed by atoms with van der Waals surface area (Å²) >= 11 is 0. The van der Waals surface area contributed by atoms with E-state index in [1.54, 1.807) is 6.92 Å². The fourth-order valence-corrected chi connectivity index (χ4v) is 8.33. The lowest BCUT2D eigenvalue weighted by atomic mass is 9.80. The van der Waals surface area contributed by atoms with Crippen LogP contribution in [0.25, 0.3) is 0 Å². The minimum Gasteiger partial charge on any atom is -0.380 e. The molecule has 37 heavy (non-hydrogen) atoms. The number of ether oxygens (including phenoxy) is 1. The average molecular weight is 519 g/mol. The maximum absolute atomic E-state index is 12.3. The molecule has 0 radical (unpaired) electrons. The van der Waals surface area contributed by atoms with Crippen molar-refractivity contribution in [3.05, 3.63) is 0 Å². The molecule has 8 unspecified atom stereocenters. The second kappa shape index (κ2) is 12.6. The molecular weight excluding hydrogens is 464 g/mol. The molecule has 212 valence electrons. The van der Waals surface area contributed by atoms with Gasteiger partial charge in [0.05, 0.1) is 12.3 Å². The van der Waals surface area contributed by atoms with Crippen LogP contribution in [0, 0.1) is 5.92 Å². The van der Waals surface area contributed by atoms with E-state index in [0.717, 1.165) is 32.4 Å². The molecule has 8 atom stereocenters. The molecule has 5 rings (SSSR count). The van der Waals surface area contributed by atoms with E-state index < -0.39 is 0 Å². The Bertz CT molecular complexity index is 744. The lowest BCUT2D eigenvalue weighted by molar-refractivity contribution is -0.131. The van der Waals surface area contributed by atoms with Crippen LogP contribution in [0.5, 0.6) is 0 Å². The molecule has 8 nitrogen and oxygen atoms in total. The molecule has 3 heterocycles. The highest BCUT2D eigenvalue weighted by Gasteiger charge is 2.44. The van der Waals surface area contributed by atoms with E-state index in [0.29, 0.717) is 48.3 Å². The van der Waals surface area contributed by atoms with E-state index in [1.807, 2.05) is 7.11 Å². The van der Waals surface area contributed by atoms with Crippen molar-refractivity contribution in [2.75, 3.05) is 46.4 Å². The number of hydrogen-bond donors (Lipinski definition) is 3. The molecule has 5 aliphatic rings. The number of piperazine rings is 1. The Morgan fingerprint density at radius 2 is 1.73 bits per heavy atom. The van der Waals surface area contributed by atoms with E-state index in [1.165, 1.54) is 64.7 Å². The van der Waals surface area contributed by atoms with Crippen molar-refractivity contribution >= 4 is 5.91 Å². The monoisotopic (exact) mass is 518 g/mol. The molecule has 8 heteroatoms. The number of carbonyl (C=O) groups excluding carboxylic acids is 1. The van der Waals surface area contributed by atoms with Crippen molar-refractivity contribution in [3.63, 3.8) is 0 Å². The van der Waals surface area contributed by atoms with Gasteiger partial charge in [-0.2, -0.15) is 0 Å². The lowest BCUT2D eigenvalue weighted by Gasteiger charge is -2.46. The molecule has 3 N–H and O–H groups in total. The maximum Gasteiger partial charge on any atom is 0.219 e. The number of amides is 1. The normalized spacial score (nSPS) is 40.2. The Labute approximate surface area is 225 Å². The molecule has 5 fully saturated rings. The van der Waals surface area contributed by atoms with E-state index in [2.05, 4.69) is 44.5 Å². The molecule has 2 saturated carbocycles. The van der Waals surface area contributed by atoms with Gasteiger partial charge >= 0.3 is 0 Å². The third-order valence-electron chi connectivity index (χ3n) is 10.4. The van der Waals surface area contributed by atoms with E-state index in [4.69, 9.17) is 4.74 Å². The van der Waals surface area contributed by atoms with Crippen molar-refractivity contribution in [3.8, 4) is 0 Å². The predicted molar refractivity (Wildman–Crippen MR) is 149 cm³/mol. The van der Waals surface area contributed by atoms with Crippen LogP contribution in [0.3, 0.4) is 0 Å². The fraction of sp³-hybridized carbons (Fsp3) is 0.966. The topological polar surface area (TPSA) is 72.1 Å².